The standard InChI is InChI=1S/C3H9BO3/c1-3-7-4(5)6-2/h5H,3H2,1-2H3. The Bertz CT molecular complexity index is 41.2. The molecule has 0 aromatic carbocycles. The van der Waals surface area contributed by atoms with Gasteiger partial charge >= 0.3 is 7.32 Å². The second-order valence-corrected chi connectivity index (χ2v) is 0.998. The van der Waals surface area contributed by atoms with E-state index in [4.69, 9.17) is 5.02 Å². The van der Waals surface area contributed by atoms with Crippen LogP contribution in [0.1, 0.15) is 6.92 Å². The Morgan fingerprint density at radius 3 is 2.43 bits per heavy atom. The second kappa shape index (κ2) is 4.11. The lowest BCUT2D eigenvalue weighted by atomic mass is 10.2. The van der Waals surface area contributed by atoms with Gasteiger partial charge in [-0.2, -0.15) is 0 Å². The van der Waals surface area contributed by atoms with Gasteiger partial charge in [-0.1, -0.05) is 0 Å². The van der Waals surface area contributed by atoms with Crippen LogP contribution in [0.3, 0.4) is 0 Å². The van der Waals surface area contributed by atoms with Crippen LogP contribution in [-0.4, -0.2) is 26.1 Å². The van der Waals surface area contributed by atoms with Crippen LogP contribution in [0.25, 0.3) is 0 Å². The van der Waals surface area contributed by atoms with Crippen LogP contribution in [-0.2, 0) is 9.31 Å². The summed E-state index contributed by atoms with van der Waals surface area (Å²) in [6, 6.07) is 0. The number of rotatable bonds is 3. The Morgan fingerprint density at radius 2 is 2.29 bits per heavy atom. The average Bonchev–Trinajstić information content (AvgIpc) is 1.68. The first-order chi connectivity index (χ1) is 3.31. The van der Waals surface area contributed by atoms with Crippen LogP contribution >= 0.6 is 0 Å². The Hall–Kier alpha value is -0.0551. The molecule has 0 bridgehead atoms. The minimum Gasteiger partial charge on any atom is -0.402 e. The molecular formula is C3H9BO3. The summed E-state index contributed by atoms with van der Waals surface area (Å²) in [7, 11) is 0.324. The van der Waals surface area contributed by atoms with Crippen molar-refractivity contribution in [2.24, 2.45) is 0 Å². The highest BCUT2D eigenvalue weighted by Crippen LogP contribution is 1.77. The van der Waals surface area contributed by atoms with E-state index in [1.165, 1.54) is 7.11 Å². The minimum atomic E-state index is -1.05. The smallest absolute Gasteiger partial charge is 0.402 e. The van der Waals surface area contributed by atoms with E-state index in [1.54, 1.807) is 6.92 Å². The number of hydrogen-bond acceptors (Lipinski definition) is 3. The molecule has 0 saturated carbocycles. The lowest BCUT2D eigenvalue weighted by Crippen LogP contribution is -2.19. The van der Waals surface area contributed by atoms with Crippen molar-refractivity contribution < 1.29 is 14.3 Å². The quantitative estimate of drug-likeness (QED) is 0.497. The van der Waals surface area contributed by atoms with Crippen molar-refractivity contribution in [3.63, 3.8) is 0 Å². The minimum absolute atomic E-state index is 0.467. The molecule has 0 aliphatic rings. The first-order valence-electron chi connectivity index (χ1n) is 2.13. The normalized spacial score (nSPS) is 9.00. The van der Waals surface area contributed by atoms with Crippen LogP contribution in [0.2, 0.25) is 0 Å². The fourth-order valence-electron chi connectivity index (χ4n) is 0.211. The van der Waals surface area contributed by atoms with Gasteiger partial charge in [0.1, 0.15) is 0 Å². The van der Waals surface area contributed by atoms with Crippen molar-refractivity contribution in [1.29, 1.82) is 0 Å². The molecule has 0 amide bonds. The van der Waals surface area contributed by atoms with Crippen molar-refractivity contribution >= 4 is 7.32 Å². The molecule has 0 unspecified atom stereocenters. The van der Waals surface area contributed by atoms with E-state index in [0.717, 1.165) is 0 Å². The van der Waals surface area contributed by atoms with Crippen LogP contribution in [0.15, 0.2) is 0 Å². The Kier molecular flexibility index (Phi) is 4.08. The van der Waals surface area contributed by atoms with E-state index >= 15 is 0 Å². The van der Waals surface area contributed by atoms with E-state index in [-0.39, 0.29) is 0 Å². The summed E-state index contributed by atoms with van der Waals surface area (Å²) in [6.07, 6.45) is 0. The average molecular weight is 104 g/mol. The highest BCUT2D eigenvalue weighted by Gasteiger charge is 2.09. The molecule has 3 nitrogen and oxygen atoms in total. The van der Waals surface area contributed by atoms with Gasteiger partial charge in [0.15, 0.2) is 0 Å². The molecule has 0 fully saturated rings. The second-order valence-electron chi connectivity index (χ2n) is 0.998. The lowest BCUT2D eigenvalue weighted by molar-refractivity contribution is 0.167. The van der Waals surface area contributed by atoms with Gasteiger partial charge in [-0.25, -0.2) is 0 Å². The van der Waals surface area contributed by atoms with Gasteiger partial charge in [-0.05, 0) is 6.92 Å². The summed E-state index contributed by atoms with van der Waals surface area (Å²) in [6.45, 7) is 2.25. The maximum absolute atomic E-state index is 8.41. The maximum Gasteiger partial charge on any atom is 0.636 e. The third kappa shape index (κ3) is 3.78. The van der Waals surface area contributed by atoms with Gasteiger partial charge in [0.05, 0.1) is 0 Å². The Morgan fingerprint density at radius 1 is 1.71 bits per heavy atom. The third-order valence-electron chi connectivity index (χ3n) is 0.511. The molecule has 0 spiro atoms. The van der Waals surface area contributed by atoms with E-state index < -0.39 is 7.32 Å². The third-order valence-corrected chi connectivity index (χ3v) is 0.511. The van der Waals surface area contributed by atoms with Crippen molar-refractivity contribution in [2.75, 3.05) is 13.7 Å². The van der Waals surface area contributed by atoms with E-state index in [1.807, 2.05) is 0 Å². The molecule has 0 radical (unpaired) electrons. The highest BCUT2D eigenvalue weighted by molar-refractivity contribution is 6.34. The van der Waals surface area contributed by atoms with E-state index in [9.17, 15) is 0 Å². The van der Waals surface area contributed by atoms with Gasteiger partial charge in [-0.15, -0.1) is 0 Å². The summed E-state index contributed by atoms with van der Waals surface area (Å²) in [5, 5.41) is 8.41. The predicted octanol–water partition coefficient (Wildman–Crippen LogP) is -0.353. The van der Waals surface area contributed by atoms with Gasteiger partial charge in [-0.3, -0.25) is 0 Å². The fraction of sp³-hybridized carbons (Fsp3) is 1.00. The molecule has 7 heavy (non-hydrogen) atoms. The molecule has 0 aromatic rings. The van der Waals surface area contributed by atoms with Crippen LogP contribution in [0.5, 0.6) is 0 Å². The SMILES string of the molecule is CCOB(O)OC. The molecule has 0 aliphatic carbocycles. The molecule has 0 saturated heterocycles. The van der Waals surface area contributed by atoms with Crippen molar-refractivity contribution in [3.8, 4) is 0 Å². The van der Waals surface area contributed by atoms with Crippen LogP contribution in [0.4, 0.5) is 0 Å². The monoisotopic (exact) mass is 104 g/mol. The van der Waals surface area contributed by atoms with E-state index in [2.05, 4.69) is 9.31 Å². The van der Waals surface area contributed by atoms with Crippen molar-refractivity contribution in [3.05, 3.63) is 0 Å². The Balaban J connectivity index is 2.83. The first-order valence-corrected chi connectivity index (χ1v) is 2.13. The summed E-state index contributed by atoms with van der Waals surface area (Å²) >= 11 is 0. The molecular weight excluding hydrogens is 94.8 g/mol. The molecule has 1 N–H and O–H groups in total. The fourth-order valence-corrected chi connectivity index (χ4v) is 0.211. The predicted molar refractivity (Wildman–Crippen MR) is 26.6 cm³/mol. The zero-order chi connectivity index (χ0) is 5.70. The summed E-state index contributed by atoms with van der Waals surface area (Å²) in [5.74, 6) is 0. The zero-order valence-corrected chi connectivity index (χ0v) is 4.55. The van der Waals surface area contributed by atoms with Gasteiger partial charge < -0.3 is 14.3 Å². The van der Waals surface area contributed by atoms with Crippen LogP contribution < -0.4 is 0 Å². The number of hydrogen-bond donors (Lipinski definition) is 1. The summed E-state index contributed by atoms with van der Waals surface area (Å²) < 4.78 is 8.85. The molecule has 0 rings (SSSR count). The van der Waals surface area contributed by atoms with Crippen molar-refractivity contribution in [2.45, 2.75) is 6.92 Å². The van der Waals surface area contributed by atoms with Gasteiger partial charge in [0.25, 0.3) is 0 Å². The molecule has 0 heterocycles. The molecule has 4 heteroatoms. The topological polar surface area (TPSA) is 38.7 Å². The molecule has 42 valence electrons. The molecule has 0 atom stereocenters. The highest BCUT2D eigenvalue weighted by atomic mass is 16.7. The summed E-state index contributed by atoms with van der Waals surface area (Å²) in [4.78, 5) is 0. The van der Waals surface area contributed by atoms with Crippen molar-refractivity contribution in [1.82, 2.24) is 0 Å². The van der Waals surface area contributed by atoms with Gasteiger partial charge in [0.2, 0.25) is 0 Å². The maximum atomic E-state index is 8.41. The zero-order valence-electron chi connectivity index (χ0n) is 4.55. The van der Waals surface area contributed by atoms with Crippen LogP contribution in [0, 0.1) is 0 Å². The van der Waals surface area contributed by atoms with E-state index in [0.29, 0.717) is 6.61 Å². The van der Waals surface area contributed by atoms with Gasteiger partial charge in [0, 0.05) is 13.7 Å². The molecule has 0 aromatic heterocycles. The lowest BCUT2D eigenvalue weighted by Gasteiger charge is -1.98. The summed E-state index contributed by atoms with van der Waals surface area (Å²) in [5.41, 5.74) is 0. The largest absolute Gasteiger partial charge is 0.636 e. The Labute approximate surface area is 43.4 Å². The molecule has 0 aliphatic heterocycles. The first kappa shape index (κ1) is 6.94.